The third-order valence-electron chi connectivity index (χ3n) is 1.02. The molecule has 0 bridgehead atoms. The van der Waals surface area contributed by atoms with Gasteiger partial charge in [-0.15, -0.1) is 12.6 Å². The quantitative estimate of drug-likeness (QED) is 0.509. The highest BCUT2D eigenvalue weighted by atomic mass is 79.9. The van der Waals surface area contributed by atoms with Crippen LogP contribution >= 0.6 is 28.6 Å². The molecule has 1 aromatic carbocycles. The molecule has 10 heavy (non-hydrogen) atoms. The van der Waals surface area contributed by atoms with Crippen LogP contribution in [-0.2, 0) is 0 Å². The monoisotopic (exact) mass is 224 g/mol. The van der Waals surface area contributed by atoms with Crippen LogP contribution in [0.15, 0.2) is 21.5 Å². The van der Waals surface area contributed by atoms with Crippen LogP contribution in [0.4, 0.5) is 8.78 Å². The second-order valence-corrected chi connectivity index (χ2v) is 2.93. The lowest BCUT2D eigenvalue weighted by Crippen LogP contribution is -1.83. The van der Waals surface area contributed by atoms with Crippen molar-refractivity contribution in [1.82, 2.24) is 0 Å². The van der Waals surface area contributed by atoms with Crippen LogP contribution in [0.2, 0.25) is 0 Å². The van der Waals surface area contributed by atoms with E-state index < -0.39 is 11.6 Å². The lowest BCUT2D eigenvalue weighted by Gasteiger charge is -1.98. The number of hydrogen-bond acceptors (Lipinski definition) is 1. The maximum Gasteiger partial charge on any atom is 0.138 e. The predicted molar refractivity (Wildman–Crippen MR) is 41.3 cm³/mol. The number of thiol groups is 1. The van der Waals surface area contributed by atoms with Crippen molar-refractivity contribution in [3.05, 3.63) is 28.2 Å². The fourth-order valence-electron chi connectivity index (χ4n) is 0.516. The van der Waals surface area contributed by atoms with Crippen LogP contribution in [0, 0.1) is 11.6 Å². The van der Waals surface area contributed by atoms with Crippen molar-refractivity contribution >= 4 is 28.6 Å². The van der Waals surface area contributed by atoms with Gasteiger partial charge in [-0.05, 0) is 28.1 Å². The zero-order chi connectivity index (χ0) is 7.72. The van der Waals surface area contributed by atoms with Crippen molar-refractivity contribution in [3.8, 4) is 0 Å². The van der Waals surface area contributed by atoms with Gasteiger partial charge in [0.2, 0.25) is 0 Å². The molecule has 0 aliphatic heterocycles. The van der Waals surface area contributed by atoms with Gasteiger partial charge in [0.1, 0.15) is 11.6 Å². The van der Waals surface area contributed by atoms with E-state index in [2.05, 4.69) is 28.6 Å². The topological polar surface area (TPSA) is 0 Å². The van der Waals surface area contributed by atoms with E-state index in [1.54, 1.807) is 0 Å². The van der Waals surface area contributed by atoms with Crippen LogP contribution in [0.1, 0.15) is 0 Å². The minimum absolute atomic E-state index is 0. The van der Waals surface area contributed by atoms with Crippen LogP contribution in [0.25, 0.3) is 0 Å². The van der Waals surface area contributed by atoms with Crippen molar-refractivity contribution in [2.75, 3.05) is 0 Å². The second kappa shape index (κ2) is 2.88. The van der Waals surface area contributed by atoms with Crippen LogP contribution in [0.3, 0.4) is 0 Å². The van der Waals surface area contributed by atoms with Crippen molar-refractivity contribution < 1.29 is 8.78 Å². The molecule has 0 N–H and O–H groups in total. The normalized spacial score (nSPS) is 10.0. The Kier molecular flexibility index (Phi) is 2.31. The summed E-state index contributed by atoms with van der Waals surface area (Å²) in [7, 11) is 0. The van der Waals surface area contributed by atoms with E-state index in [1.807, 2.05) is 0 Å². The average Bonchev–Trinajstić information content (AvgIpc) is 1.93. The Morgan fingerprint density at radius 2 is 1.70 bits per heavy atom. The zero-order valence-corrected chi connectivity index (χ0v) is 7.22. The molecule has 0 saturated heterocycles. The molecule has 0 unspecified atom stereocenters. The van der Waals surface area contributed by atoms with E-state index in [-0.39, 0.29) is 9.37 Å². The Morgan fingerprint density at radius 1 is 1.20 bits per heavy atom. The molecule has 0 amide bonds. The summed E-state index contributed by atoms with van der Waals surface area (Å²) in [6.45, 7) is 0. The second-order valence-electron chi connectivity index (χ2n) is 1.69. The summed E-state index contributed by atoms with van der Waals surface area (Å²) in [6.07, 6.45) is 0. The molecule has 0 aromatic heterocycles. The first kappa shape index (κ1) is 8.01. The molecule has 1 aromatic rings. The summed E-state index contributed by atoms with van der Waals surface area (Å²) < 4.78 is 25.0. The third kappa shape index (κ3) is 1.32. The molecule has 0 aliphatic carbocycles. The molecule has 54 valence electrons. The van der Waals surface area contributed by atoms with Gasteiger partial charge in [0, 0.05) is 0 Å². The fourth-order valence-corrected chi connectivity index (χ4v) is 1.02. The van der Waals surface area contributed by atoms with Gasteiger partial charge in [-0.25, -0.2) is 8.78 Å². The van der Waals surface area contributed by atoms with E-state index in [9.17, 15) is 8.78 Å². The predicted octanol–water partition coefficient (Wildman–Crippen LogP) is 3.02. The fraction of sp³-hybridized carbons (Fsp3) is 0. The highest BCUT2D eigenvalue weighted by Crippen LogP contribution is 2.25. The van der Waals surface area contributed by atoms with Gasteiger partial charge in [0.05, 0.1) is 9.37 Å². The van der Waals surface area contributed by atoms with Crippen LogP contribution < -0.4 is 0 Å². The molecular formula is C6H3BrF2S. The smallest absolute Gasteiger partial charge is 0.138 e. The maximum atomic E-state index is 12.5. The van der Waals surface area contributed by atoms with E-state index in [4.69, 9.17) is 0 Å². The molecule has 4 heteroatoms. The number of rotatable bonds is 0. The van der Waals surface area contributed by atoms with E-state index in [0.717, 1.165) is 12.1 Å². The SMILES string of the molecule is Fc1ccc(F)c(Br)c1S. The lowest BCUT2D eigenvalue weighted by molar-refractivity contribution is 0.571. The Balaban J connectivity index is 3.34. The van der Waals surface area contributed by atoms with Crippen LogP contribution in [0.5, 0.6) is 0 Å². The summed E-state index contributed by atoms with van der Waals surface area (Å²) in [5, 5.41) is 0. The average molecular weight is 225 g/mol. The van der Waals surface area contributed by atoms with Gasteiger partial charge in [-0.1, -0.05) is 0 Å². The summed E-state index contributed by atoms with van der Waals surface area (Å²) in [5.74, 6) is -1.04. The highest BCUT2D eigenvalue weighted by Gasteiger charge is 2.06. The number of halogens is 3. The van der Waals surface area contributed by atoms with Gasteiger partial charge in [0.25, 0.3) is 0 Å². The molecule has 0 aliphatic rings. The molecule has 0 radical (unpaired) electrons. The van der Waals surface area contributed by atoms with Crippen molar-refractivity contribution in [2.24, 2.45) is 0 Å². The molecule has 0 atom stereocenters. The van der Waals surface area contributed by atoms with Gasteiger partial charge in [0.15, 0.2) is 0 Å². The minimum Gasteiger partial charge on any atom is -0.206 e. The highest BCUT2D eigenvalue weighted by molar-refractivity contribution is 9.10. The van der Waals surface area contributed by atoms with Gasteiger partial charge >= 0.3 is 0 Å². The number of benzene rings is 1. The Morgan fingerprint density at radius 3 is 2.20 bits per heavy atom. The molecule has 1 rings (SSSR count). The molecule has 0 saturated carbocycles. The Labute approximate surface area is 70.8 Å². The summed E-state index contributed by atoms with van der Waals surface area (Å²) in [6, 6.07) is 2.07. The van der Waals surface area contributed by atoms with Crippen LogP contribution in [-0.4, -0.2) is 0 Å². The molecule has 0 fully saturated rings. The van der Waals surface area contributed by atoms with Crippen molar-refractivity contribution in [1.29, 1.82) is 0 Å². The van der Waals surface area contributed by atoms with Gasteiger partial charge in [-0.2, -0.15) is 0 Å². The zero-order valence-electron chi connectivity index (χ0n) is 4.74. The van der Waals surface area contributed by atoms with Crippen molar-refractivity contribution in [2.45, 2.75) is 4.90 Å². The van der Waals surface area contributed by atoms with Gasteiger partial charge in [-0.3, -0.25) is 0 Å². The summed E-state index contributed by atoms with van der Waals surface area (Å²) >= 11 is 6.56. The third-order valence-corrected chi connectivity index (χ3v) is 2.54. The van der Waals surface area contributed by atoms with Crippen molar-refractivity contribution in [3.63, 3.8) is 0 Å². The maximum absolute atomic E-state index is 12.5. The molecule has 0 nitrogen and oxygen atoms in total. The first-order chi connectivity index (χ1) is 4.63. The largest absolute Gasteiger partial charge is 0.206 e. The first-order valence-corrected chi connectivity index (χ1v) is 3.69. The standard InChI is InChI=1S/C6H3BrF2S/c7-5-3(8)1-2-4(9)6(5)10/h1-2,10H. The van der Waals surface area contributed by atoms with E-state index >= 15 is 0 Å². The Hall–Kier alpha value is -0.0900. The van der Waals surface area contributed by atoms with E-state index in [1.165, 1.54) is 0 Å². The Bertz CT molecular complexity index is 235. The summed E-state index contributed by atoms with van der Waals surface area (Å²) in [4.78, 5) is 0. The molecule has 0 spiro atoms. The first-order valence-electron chi connectivity index (χ1n) is 2.45. The lowest BCUT2D eigenvalue weighted by atomic mass is 10.3. The molecule has 0 heterocycles. The summed E-state index contributed by atoms with van der Waals surface area (Å²) in [5.41, 5.74) is 0. The minimum atomic E-state index is -0.531. The molecular weight excluding hydrogens is 222 g/mol. The van der Waals surface area contributed by atoms with Gasteiger partial charge < -0.3 is 0 Å². The van der Waals surface area contributed by atoms with E-state index in [0.29, 0.717) is 0 Å². The number of hydrogen-bond donors (Lipinski definition) is 1.